The van der Waals surface area contributed by atoms with Gasteiger partial charge in [0.15, 0.2) is 5.76 Å². The number of anilines is 1. The van der Waals surface area contributed by atoms with E-state index in [9.17, 15) is 4.79 Å². The Balaban J connectivity index is 1.43. The topological polar surface area (TPSA) is 61.6 Å². The van der Waals surface area contributed by atoms with Gasteiger partial charge in [0.1, 0.15) is 11.5 Å². The molecule has 2 aromatic heterocycles. The van der Waals surface area contributed by atoms with Crippen LogP contribution in [0.2, 0.25) is 0 Å². The molecule has 2 saturated heterocycles. The number of carbonyl (C=O) groups excluding carboxylic acids is 1. The fraction of sp³-hybridized carbons (Fsp3) is 0.548. The zero-order valence-corrected chi connectivity index (χ0v) is 23.0. The maximum Gasteiger partial charge on any atom is 0.219 e. The first-order chi connectivity index (χ1) is 17.9. The van der Waals surface area contributed by atoms with Crippen molar-refractivity contribution in [2.24, 2.45) is 5.92 Å². The van der Waals surface area contributed by atoms with Gasteiger partial charge in [-0.1, -0.05) is 6.92 Å². The van der Waals surface area contributed by atoms with Gasteiger partial charge in [-0.15, -0.1) is 0 Å². The molecule has 2 fully saturated rings. The van der Waals surface area contributed by atoms with E-state index in [1.165, 1.54) is 28.6 Å². The Kier molecular flexibility index (Phi) is 7.84. The highest BCUT2D eigenvalue weighted by atomic mass is 16.3. The minimum Gasteiger partial charge on any atom is -0.460 e. The maximum atomic E-state index is 11.7. The van der Waals surface area contributed by atoms with Crippen LogP contribution in [-0.2, 0) is 17.6 Å². The summed E-state index contributed by atoms with van der Waals surface area (Å²) in [6.07, 6.45) is 7.77. The Morgan fingerprint density at radius 1 is 1.05 bits per heavy atom. The first-order valence-corrected chi connectivity index (χ1v) is 14.1. The Bertz CT molecular complexity index is 1230. The summed E-state index contributed by atoms with van der Waals surface area (Å²) in [6, 6.07) is 11.4. The van der Waals surface area contributed by atoms with Crippen molar-refractivity contribution in [1.82, 2.24) is 14.8 Å². The van der Waals surface area contributed by atoms with Crippen LogP contribution in [0.4, 0.5) is 5.69 Å². The highest BCUT2D eigenvalue weighted by molar-refractivity contribution is 5.94. The number of aromatic nitrogens is 1. The fourth-order valence-corrected chi connectivity index (χ4v) is 6.01. The van der Waals surface area contributed by atoms with E-state index in [2.05, 4.69) is 42.4 Å². The van der Waals surface area contributed by atoms with Gasteiger partial charge in [-0.3, -0.25) is 4.79 Å². The molecule has 0 aliphatic carbocycles. The number of piperidine rings is 2. The molecule has 0 atom stereocenters. The van der Waals surface area contributed by atoms with Crippen molar-refractivity contribution < 1.29 is 9.21 Å². The molecule has 1 N–H and O–H groups in total. The van der Waals surface area contributed by atoms with Crippen molar-refractivity contribution in [2.75, 3.05) is 38.5 Å². The van der Waals surface area contributed by atoms with E-state index < -0.39 is 0 Å². The van der Waals surface area contributed by atoms with E-state index in [4.69, 9.17) is 9.40 Å². The number of likely N-dealkylation sites (tertiary alicyclic amines) is 2. The van der Waals surface area contributed by atoms with Crippen molar-refractivity contribution in [1.29, 1.82) is 0 Å². The Morgan fingerprint density at radius 3 is 2.46 bits per heavy atom. The molecule has 0 saturated carbocycles. The smallest absolute Gasteiger partial charge is 0.219 e. The lowest BCUT2D eigenvalue weighted by Crippen LogP contribution is -2.37. The number of fused-ring (bicyclic) bond motifs is 1. The summed E-state index contributed by atoms with van der Waals surface area (Å²) in [5.41, 5.74) is 5.93. The largest absolute Gasteiger partial charge is 0.460 e. The van der Waals surface area contributed by atoms with Gasteiger partial charge in [0.2, 0.25) is 5.91 Å². The van der Waals surface area contributed by atoms with Crippen molar-refractivity contribution in [3.63, 3.8) is 0 Å². The predicted octanol–water partition coefficient (Wildman–Crippen LogP) is 6.06. The van der Waals surface area contributed by atoms with Crippen molar-refractivity contribution >= 4 is 22.5 Å². The van der Waals surface area contributed by atoms with Gasteiger partial charge < -0.3 is 19.5 Å². The van der Waals surface area contributed by atoms with Crippen LogP contribution in [0.1, 0.15) is 62.8 Å². The van der Waals surface area contributed by atoms with Gasteiger partial charge in [-0.05, 0) is 119 Å². The van der Waals surface area contributed by atoms with Crippen molar-refractivity contribution in [3.8, 4) is 11.5 Å². The minimum atomic E-state index is 0.208. The number of hydrogen-bond donors (Lipinski definition) is 1. The Morgan fingerprint density at radius 2 is 1.81 bits per heavy atom. The highest BCUT2D eigenvalue weighted by Gasteiger charge is 2.22. The summed E-state index contributed by atoms with van der Waals surface area (Å²) in [4.78, 5) is 21.2. The molecule has 5 rings (SSSR count). The van der Waals surface area contributed by atoms with Crippen LogP contribution in [-0.4, -0.2) is 60.0 Å². The third-order valence-electron chi connectivity index (χ3n) is 8.46. The summed E-state index contributed by atoms with van der Waals surface area (Å²) < 4.78 is 5.98. The van der Waals surface area contributed by atoms with Crippen molar-refractivity contribution in [2.45, 2.75) is 71.8 Å². The van der Waals surface area contributed by atoms with E-state index in [1.807, 2.05) is 24.0 Å². The van der Waals surface area contributed by atoms with Crippen LogP contribution in [0.25, 0.3) is 22.4 Å². The van der Waals surface area contributed by atoms with Crippen molar-refractivity contribution in [3.05, 3.63) is 47.2 Å². The predicted molar refractivity (Wildman–Crippen MR) is 151 cm³/mol. The second-order valence-electron chi connectivity index (χ2n) is 11.2. The number of nitrogens with one attached hydrogen (secondary N) is 1. The van der Waals surface area contributed by atoms with Crippen LogP contribution >= 0.6 is 0 Å². The highest BCUT2D eigenvalue weighted by Crippen LogP contribution is 2.34. The van der Waals surface area contributed by atoms with Gasteiger partial charge in [0.25, 0.3) is 0 Å². The van der Waals surface area contributed by atoms with E-state index in [-0.39, 0.29) is 5.91 Å². The summed E-state index contributed by atoms with van der Waals surface area (Å²) in [7, 11) is 2.21. The Labute approximate surface area is 221 Å². The summed E-state index contributed by atoms with van der Waals surface area (Å²) in [5, 5.41) is 5.10. The van der Waals surface area contributed by atoms with E-state index in [1.54, 1.807) is 6.92 Å². The number of pyridine rings is 1. The van der Waals surface area contributed by atoms with E-state index >= 15 is 0 Å². The van der Waals surface area contributed by atoms with E-state index in [0.717, 1.165) is 87.4 Å². The minimum absolute atomic E-state index is 0.208. The van der Waals surface area contributed by atoms with Crippen LogP contribution in [0.15, 0.2) is 34.7 Å². The van der Waals surface area contributed by atoms with Gasteiger partial charge in [-0.2, -0.15) is 0 Å². The van der Waals surface area contributed by atoms with Crippen LogP contribution in [0.3, 0.4) is 0 Å². The number of carbonyl (C=O) groups is 1. The first kappa shape index (κ1) is 25.8. The molecule has 2 aliphatic rings. The number of benzene rings is 1. The molecule has 1 amide bonds. The summed E-state index contributed by atoms with van der Waals surface area (Å²) >= 11 is 0. The monoisotopic (exact) mass is 502 g/mol. The fourth-order valence-electron chi connectivity index (χ4n) is 6.01. The molecule has 2 aliphatic heterocycles. The lowest BCUT2D eigenvalue weighted by Gasteiger charge is -2.31. The number of nitrogens with zero attached hydrogens (tertiary/aromatic N) is 3. The molecule has 4 heterocycles. The molecular formula is C31H42N4O2. The summed E-state index contributed by atoms with van der Waals surface area (Å²) in [5.74, 6) is 2.62. The third kappa shape index (κ3) is 6.01. The van der Waals surface area contributed by atoms with Crippen LogP contribution in [0, 0.1) is 12.8 Å². The molecule has 6 heteroatoms. The first-order valence-electron chi connectivity index (χ1n) is 14.1. The number of rotatable bonds is 7. The molecular weight excluding hydrogens is 460 g/mol. The molecule has 1 aromatic carbocycles. The average Bonchev–Trinajstić information content (AvgIpc) is 3.34. The summed E-state index contributed by atoms with van der Waals surface area (Å²) in [6.45, 7) is 9.98. The zero-order valence-electron chi connectivity index (χ0n) is 23.0. The van der Waals surface area contributed by atoms with Gasteiger partial charge in [0.05, 0.1) is 5.52 Å². The molecule has 0 radical (unpaired) electrons. The number of hydrogen-bond acceptors (Lipinski definition) is 5. The second-order valence-corrected chi connectivity index (χ2v) is 11.2. The van der Waals surface area contributed by atoms with Gasteiger partial charge in [0, 0.05) is 37.1 Å². The average molecular weight is 503 g/mol. The second kappa shape index (κ2) is 11.3. The van der Waals surface area contributed by atoms with Crippen LogP contribution < -0.4 is 5.32 Å². The number of aryl methyl sites for hydroxylation is 3. The number of furan rings is 1. The molecule has 3 aromatic rings. The van der Waals surface area contributed by atoms with Gasteiger partial charge >= 0.3 is 0 Å². The van der Waals surface area contributed by atoms with Gasteiger partial charge in [-0.25, -0.2) is 4.98 Å². The molecule has 0 spiro atoms. The normalized spacial score (nSPS) is 18.0. The molecule has 198 valence electrons. The number of amides is 1. The zero-order chi connectivity index (χ0) is 25.9. The lowest BCUT2D eigenvalue weighted by atomic mass is 9.88. The standard InChI is InChI=1S/C31H42N4O2/c1-5-24-18-27-28(19-25(24)8-7-23-10-16-35(17-11-23)22(3)36)33-30(31-9-6-21(2)37-31)20-29(27)32-26-12-14-34(4)15-13-26/h6,9,18-20,23,26H,5,7-8,10-17H2,1-4H3,(H,32,33). The van der Waals surface area contributed by atoms with Crippen LogP contribution in [0.5, 0.6) is 0 Å². The molecule has 37 heavy (non-hydrogen) atoms. The quantitative estimate of drug-likeness (QED) is 0.425. The van der Waals surface area contributed by atoms with E-state index in [0.29, 0.717) is 12.0 Å². The molecule has 0 unspecified atom stereocenters. The molecule has 6 nitrogen and oxygen atoms in total. The maximum absolute atomic E-state index is 11.7. The third-order valence-corrected chi connectivity index (χ3v) is 8.46. The SMILES string of the molecule is CCc1cc2c(NC3CCN(C)CC3)cc(-c3ccc(C)o3)nc2cc1CCC1CCN(C(C)=O)CC1. The molecule has 0 bridgehead atoms. The Hall–Kier alpha value is -2.86. The lowest BCUT2D eigenvalue weighted by molar-refractivity contribution is -0.130.